The van der Waals surface area contributed by atoms with E-state index in [0.717, 1.165) is 49.1 Å². The monoisotopic (exact) mass is 266 g/mol. The molecule has 0 amide bonds. The van der Waals surface area contributed by atoms with E-state index in [2.05, 4.69) is 34.0 Å². The highest BCUT2D eigenvalue weighted by Gasteiger charge is 2.12. The van der Waals surface area contributed by atoms with Gasteiger partial charge in [0.05, 0.1) is 6.61 Å². The molecule has 0 aliphatic rings. The fourth-order valence-electron chi connectivity index (χ4n) is 1.85. The van der Waals surface area contributed by atoms with Crippen molar-refractivity contribution in [3.8, 4) is 0 Å². The summed E-state index contributed by atoms with van der Waals surface area (Å²) >= 11 is 0. The summed E-state index contributed by atoms with van der Waals surface area (Å²) in [6.07, 6.45) is 1.08. The Morgan fingerprint density at radius 2 is 1.95 bits per heavy atom. The maximum absolute atomic E-state index is 5.39. The van der Waals surface area contributed by atoms with Crippen LogP contribution in [-0.4, -0.2) is 43.3 Å². The fourth-order valence-corrected chi connectivity index (χ4v) is 1.85. The van der Waals surface area contributed by atoms with Crippen LogP contribution in [0.25, 0.3) is 0 Å². The Morgan fingerprint density at radius 1 is 1.21 bits per heavy atom. The summed E-state index contributed by atoms with van der Waals surface area (Å²) in [7, 11) is 2.04. The number of ether oxygens (including phenoxy) is 1. The molecule has 0 aromatic carbocycles. The summed E-state index contributed by atoms with van der Waals surface area (Å²) in [4.78, 5) is 11.1. The molecule has 0 radical (unpaired) electrons. The van der Waals surface area contributed by atoms with Crippen LogP contribution in [0.5, 0.6) is 0 Å². The minimum atomic E-state index is 0.715. The topological polar surface area (TPSA) is 50.3 Å². The first kappa shape index (κ1) is 15.7. The van der Waals surface area contributed by atoms with E-state index in [1.54, 1.807) is 0 Å². The third-order valence-corrected chi connectivity index (χ3v) is 2.91. The number of rotatable bonds is 8. The summed E-state index contributed by atoms with van der Waals surface area (Å²) in [6, 6.07) is 0. The van der Waals surface area contributed by atoms with Crippen LogP contribution in [0.4, 0.5) is 11.6 Å². The normalized spacial score (nSPS) is 10.6. The highest BCUT2D eigenvalue weighted by atomic mass is 16.5. The van der Waals surface area contributed by atoms with Crippen molar-refractivity contribution in [1.82, 2.24) is 9.97 Å². The van der Waals surface area contributed by atoms with Gasteiger partial charge in [0.15, 0.2) is 0 Å². The first-order valence-corrected chi connectivity index (χ1v) is 6.98. The van der Waals surface area contributed by atoms with E-state index < -0.39 is 0 Å². The molecule has 1 aromatic heterocycles. The van der Waals surface area contributed by atoms with Gasteiger partial charge in [-0.3, -0.25) is 0 Å². The standard InChI is InChI=1S/C14H26N4O/c1-6-8-15-13-11(3)14(17-12(4)16-13)18(5)9-10-19-7-2/h6-10H2,1-5H3,(H,15,16,17). The summed E-state index contributed by atoms with van der Waals surface area (Å²) in [5, 5.41) is 3.36. The zero-order chi connectivity index (χ0) is 14.3. The van der Waals surface area contributed by atoms with E-state index in [-0.39, 0.29) is 0 Å². The van der Waals surface area contributed by atoms with Crippen molar-refractivity contribution in [1.29, 1.82) is 0 Å². The predicted octanol–water partition coefficient (Wildman–Crippen LogP) is 2.39. The predicted molar refractivity (Wildman–Crippen MR) is 80.0 cm³/mol. The number of aromatic nitrogens is 2. The smallest absolute Gasteiger partial charge is 0.137 e. The number of hydrogen-bond donors (Lipinski definition) is 1. The van der Waals surface area contributed by atoms with Crippen LogP contribution in [0.1, 0.15) is 31.7 Å². The molecule has 5 heteroatoms. The lowest BCUT2D eigenvalue weighted by atomic mass is 10.2. The van der Waals surface area contributed by atoms with Crippen molar-refractivity contribution in [2.75, 3.05) is 43.6 Å². The Kier molecular flexibility index (Phi) is 6.56. The zero-order valence-electron chi connectivity index (χ0n) is 12.8. The van der Waals surface area contributed by atoms with Crippen molar-refractivity contribution in [2.45, 2.75) is 34.1 Å². The molecule has 1 rings (SSSR count). The summed E-state index contributed by atoms with van der Waals surface area (Å²) in [6.45, 7) is 11.4. The van der Waals surface area contributed by atoms with Gasteiger partial charge >= 0.3 is 0 Å². The molecule has 0 aliphatic heterocycles. The van der Waals surface area contributed by atoms with Crippen molar-refractivity contribution < 1.29 is 4.74 Å². The zero-order valence-corrected chi connectivity index (χ0v) is 12.8. The molecule has 0 saturated carbocycles. The van der Waals surface area contributed by atoms with Crippen molar-refractivity contribution in [2.24, 2.45) is 0 Å². The number of hydrogen-bond acceptors (Lipinski definition) is 5. The molecule has 0 unspecified atom stereocenters. The molecular weight excluding hydrogens is 240 g/mol. The second-order valence-corrected chi connectivity index (χ2v) is 4.61. The van der Waals surface area contributed by atoms with Gasteiger partial charge < -0.3 is 15.0 Å². The van der Waals surface area contributed by atoms with E-state index in [4.69, 9.17) is 4.74 Å². The maximum Gasteiger partial charge on any atom is 0.137 e. The van der Waals surface area contributed by atoms with E-state index >= 15 is 0 Å². The van der Waals surface area contributed by atoms with Gasteiger partial charge in [-0.2, -0.15) is 0 Å². The van der Waals surface area contributed by atoms with Crippen molar-refractivity contribution in [3.05, 3.63) is 11.4 Å². The van der Waals surface area contributed by atoms with Gasteiger partial charge in [0, 0.05) is 32.3 Å². The summed E-state index contributed by atoms with van der Waals surface area (Å²) < 4.78 is 5.39. The molecule has 19 heavy (non-hydrogen) atoms. The molecule has 0 aliphatic carbocycles. The minimum Gasteiger partial charge on any atom is -0.380 e. The van der Waals surface area contributed by atoms with Crippen LogP contribution >= 0.6 is 0 Å². The van der Waals surface area contributed by atoms with Gasteiger partial charge in [-0.25, -0.2) is 9.97 Å². The van der Waals surface area contributed by atoms with Gasteiger partial charge in [-0.1, -0.05) is 6.92 Å². The summed E-state index contributed by atoms with van der Waals surface area (Å²) in [5.74, 6) is 2.71. The first-order chi connectivity index (χ1) is 9.10. The second-order valence-electron chi connectivity index (χ2n) is 4.61. The van der Waals surface area contributed by atoms with Gasteiger partial charge in [0.2, 0.25) is 0 Å². The Morgan fingerprint density at radius 3 is 2.58 bits per heavy atom. The lowest BCUT2D eigenvalue weighted by Gasteiger charge is -2.22. The molecule has 0 bridgehead atoms. The van der Waals surface area contributed by atoms with Crippen LogP contribution in [0.15, 0.2) is 0 Å². The van der Waals surface area contributed by atoms with E-state index in [0.29, 0.717) is 6.61 Å². The van der Waals surface area contributed by atoms with Gasteiger partial charge in [0.1, 0.15) is 17.5 Å². The lowest BCUT2D eigenvalue weighted by molar-refractivity contribution is 0.154. The SMILES string of the molecule is CCCNc1nc(C)nc(N(C)CCOCC)c1C. The fraction of sp³-hybridized carbons (Fsp3) is 0.714. The quantitative estimate of drug-likeness (QED) is 0.732. The second kappa shape index (κ2) is 7.94. The highest BCUT2D eigenvalue weighted by molar-refractivity contribution is 5.58. The Hall–Kier alpha value is -1.36. The minimum absolute atomic E-state index is 0.715. The van der Waals surface area contributed by atoms with Gasteiger partial charge in [0.25, 0.3) is 0 Å². The van der Waals surface area contributed by atoms with E-state index in [9.17, 15) is 0 Å². The van der Waals surface area contributed by atoms with Gasteiger partial charge in [-0.05, 0) is 27.2 Å². The molecule has 1 heterocycles. The third-order valence-electron chi connectivity index (χ3n) is 2.91. The largest absolute Gasteiger partial charge is 0.380 e. The number of nitrogens with one attached hydrogen (secondary N) is 1. The van der Waals surface area contributed by atoms with Gasteiger partial charge in [-0.15, -0.1) is 0 Å². The highest BCUT2D eigenvalue weighted by Crippen LogP contribution is 2.22. The molecule has 1 aromatic rings. The number of aryl methyl sites for hydroxylation is 1. The summed E-state index contributed by atoms with van der Waals surface area (Å²) in [5.41, 5.74) is 1.10. The Labute approximate surface area is 116 Å². The van der Waals surface area contributed by atoms with Crippen LogP contribution in [0.2, 0.25) is 0 Å². The molecule has 1 N–H and O–H groups in total. The van der Waals surface area contributed by atoms with Crippen LogP contribution in [0.3, 0.4) is 0 Å². The average Bonchev–Trinajstić information content (AvgIpc) is 2.39. The van der Waals surface area contributed by atoms with Crippen molar-refractivity contribution >= 4 is 11.6 Å². The van der Waals surface area contributed by atoms with Crippen LogP contribution in [0, 0.1) is 13.8 Å². The van der Waals surface area contributed by atoms with Crippen LogP contribution < -0.4 is 10.2 Å². The Balaban J connectivity index is 2.83. The van der Waals surface area contributed by atoms with Crippen molar-refractivity contribution in [3.63, 3.8) is 0 Å². The maximum atomic E-state index is 5.39. The van der Waals surface area contributed by atoms with E-state index in [1.165, 1.54) is 0 Å². The average molecular weight is 266 g/mol. The first-order valence-electron chi connectivity index (χ1n) is 6.98. The molecule has 0 spiro atoms. The molecule has 0 saturated heterocycles. The molecule has 5 nitrogen and oxygen atoms in total. The van der Waals surface area contributed by atoms with Crippen LogP contribution in [-0.2, 0) is 4.74 Å². The molecule has 0 atom stereocenters. The number of likely N-dealkylation sites (N-methyl/N-ethyl adjacent to an activating group) is 1. The Bertz CT molecular complexity index is 395. The van der Waals surface area contributed by atoms with E-state index in [1.807, 2.05) is 20.9 Å². The molecule has 0 fully saturated rings. The number of anilines is 2. The third kappa shape index (κ3) is 4.67. The number of nitrogens with zero attached hydrogens (tertiary/aromatic N) is 3. The lowest BCUT2D eigenvalue weighted by Crippen LogP contribution is -2.25. The molecule has 108 valence electrons. The molecular formula is C14H26N4O.